The fraction of sp³-hybridized carbons (Fsp3) is 0.364. The Labute approximate surface area is 184 Å². The maximum Gasteiger partial charge on any atom is 0.253 e. The van der Waals surface area contributed by atoms with Crippen molar-refractivity contribution in [2.75, 3.05) is 20.3 Å². The Morgan fingerprint density at radius 2 is 2.27 bits per heavy atom. The smallest absolute Gasteiger partial charge is 0.253 e. The average Bonchev–Trinajstić information content (AvgIpc) is 3.45. The van der Waals surface area contributed by atoms with Gasteiger partial charge >= 0.3 is 0 Å². The molecule has 3 heterocycles. The van der Waals surface area contributed by atoms with Crippen molar-refractivity contribution in [2.24, 2.45) is 0 Å². The van der Waals surface area contributed by atoms with E-state index in [1.54, 1.807) is 18.4 Å². The van der Waals surface area contributed by atoms with Crippen LogP contribution in [-0.4, -0.2) is 41.4 Å². The average molecular weight is 444 g/mol. The minimum absolute atomic E-state index is 0.117. The standard InChI is InChI=1S/C22H25N3O3S2/c1-27-17-7-6-15-10-16(21(26)24-20(15)11-17)13-25(14-19-5-3-9-30-19)22(29)23-12-18-4-2-8-28-18/h3,5-7,9-11,18H,2,4,8,12-14H2,1H3,(H,23,29)(H,24,26)/t18-/m0/s1. The van der Waals surface area contributed by atoms with Crippen LogP contribution in [0.1, 0.15) is 23.3 Å². The number of fused-ring (bicyclic) bond motifs is 1. The first-order valence-corrected chi connectivity index (χ1v) is 11.3. The van der Waals surface area contributed by atoms with Crippen LogP contribution in [-0.2, 0) is 17.8 Å². The number of ether oxygens (including phenoxy) is 2. The molecule has 1 aliphatic rings. The number of pyridine rings is 1. The van der Waals surface area contributed by atoms with Gasteiger partial charge in [-0.1, -0.05) is 6.07 Å². The molecular formula is C22H25N3O3S2. The Morgan fingerprint density at radius 1 is 1.37 bits per heavy atom. The fourth-order valence-electron chi connectivity index (χ4n) is 3.58. The summed E-state index contributed by atoms with van der Waals surface area (Å²) in [4.78, 5) is 19.0. The molecule has 1 atom stereocenters. The molecule has 0 saturated carbocycles. The van der Waals surface area contributed by atoms with Crippen LogP contribution in [0.2, 0.25) is 0 Å². The van der Waals surface area contributed by atoms with Gasteiger partial charge in [-0.3, -0.25) is 4.79 Å². The highest BCUT2D eigenvalue weighted by Gasteiger charge is 2.19. The Hall–Kier alpha value is -2.42. The lowest BCUT2D eigenvalue weighted by molar-refractivity contribution is 0.113. The molecule has 3 aromatic rings. The molecule has 0 radical (unpaired) electrons. The molecular weight excluding hydrogens is 418 g/mol. The van der Waals surface area contributed by atoms with Crippen molar-refractivity contribution in [2.45, 2.75) is 32.0 Å². The Balaban J connectivity index is 1.54. The van der Waals surface area contributed by atoms with Crippen molar-refractivity contribution in [3.63, 3.8) is 0 Å². The number of aromatic amines is 1. The minimum Gasteiger partial charge on any atom is -0.497 e. The van der Waals surface area contributed by atoms with Gasteiger partial charge in [-0.15, -0.1) is 11.3 Å². The van der Waals surface area contributed by atoms with E-state index in [-0.39, 0.29) is 11.7 Å². The van der Waals surface area contributed by atoms with Crippen LogP contribution in [0.3, 0.4) is 0 Å². The van der Waals surface area contributed by atoms with E-state index in [2.05, 4.69) is 16.4 Å². The van der Waals surface area contributed by atoms with Crippen LogP contribution < -0.4 is 15.6 Å². The second kappa shape index (κ2) is 9.59. The van der Waals surface area contributed by atoms with Gasteiger partial charge < -0.3 is 24.7 Å². The molecule has 30 heavy (non-hydrogen) atoms. The van der Waals surface area contributed by atoms with Gasteiger partial charge in [0.2, 0.25) is 0 Å². The third-order valence-corrected chi connectivity index (χ3v) is 6.47. The molecule has 0 unspecified atom stereocenters. The van der Waals surface area contributed by atoms with Crippen molar-refractivity contribution >= 4 is 39.6 Å². The van der Waals surface area contributed by atoms with Crippen molar-refractivity contribution in [1.82, 2.24) is 15.2 Å². The summed E-state index contributed by atoms with van der Waals surface area (Å²) in [7, 11) is 1.61. The number of rotatable bonds is 7. The van der Waals surface area contributed by atoms with Crippen LogP contribution in [0.25, 0.3) is 10.9 Å². The number of nitrogens with one attached hydrogen (secondary N) is 2. The molecule has 1 aromatic carbocycles. The third kappa shape index (κ3) is 5.00. The van der Waals surface area contributed by atoms with Crippen LogP contribution in [0.4, 0.5) is 0 Å². The first-order chi connectivity index (χ1) is 14.6. The first kappa shape index (κ1) is 20.8. The number of thiophene rings is 1. The molecule has 8 heteroatoms. The van der Waals surface area contributed by atoms with Crippen molar-refractivity contribution < 1.29 is 9.47 Å². The lowest BCUT2D eigenvalue weighted by Crippen LogP contribution is -2.42. The predicted molar refractivity (Wildman–Crippen MR) is 124 cm³/mol. The quantitative estimate of drug-likeness (QED) is 0.544. The molecule has 1 saturated heterocycles. The normalized spacial score (nSPS) is 16.0. The summed E-state index contributed by atoms with van der Waals surface area (Å²) in [6.45, 7) is 2.57. The number of benzene rings is 1. The summed E-state index contributed by atoms with van der Waals surface area (Å²) in [5, 5.41) is 6.98. The topological polar surface area (TPSA) is 66.6 Å². The van der Waals surface area contributed by atoms with E-state index in [9.17, 15) is 4.79 Å². The highest BCUT2D eigenvalue weighted by Crippen LogP contribution is 2.20. The molecule has 1 aliphatic heterocycles. The van der Waals surface area contributed by atoms with Crippen LogP contribution in [0.5, 0.6) is 5.75 Å². The molecule has 2 N–H and O–H groups in total. The Kier molecular flexibility index (Phi) is 6.66. The monoisotopic (exact) mass is 443 g/mol. The van der Waals surface area contributed by atoms with E-state index in [0.29, 0.717) is 36.1 Å². The number of methoxy groups -OCH3 is 1. The maximum absolute atomic E-state index is 12.8. The first-order valence-electron chi connectivity index (χ1n) is 9.99. The number of H-pyrrole nitrogens is 1. The summed E-state index contributed by atoms with van der Waals surface area (Å²) < 4.78 is 10.9. The summed E-state index contributed by atoms with van der Waals surface area (Å²) in [6, 6.07) is 11.7. The predicted octanol–water partition coefficient (Wildman–Crippen LogP) is 3.65. The van der Waals surface area contributed by atoms with Crippen molar-refractivity contribution in [1.29, 1.82) is 0 Å². The molecule has 0 spiro atoms. The van der Waals surface area contributed by atoms with E-state index < -0.39 is 0 Å². The second-order valence-electron chi connectivity index (χ2n) is 7.33. The molecule has 4 rings (SSSR count). The van der Waals surface area contributed by atoms with Gasteiger partial charge in [-0.05, 0) is 60.1 Å². The van der Waals surface area contributed by atoms with Gasteiger partial charge in [0.05, 0.1) is 31.8 Å². The number of nitrogens with zero attached hydrogens (tertiary/aromatic N) is 1. The molecule has 0 bridgehead atoms. The molecule has 6 nitrogen and oxygen atoms in total. The zero-order valence-corrected chi connectivity index (χ0v) is 18.5. The van der Waals surface area contributed by atoms with Gasteiger partial charge in [-0.25, -0.2) is 0 Å². The van der Waals surface area contributed by atoms with Crippen LogP contribution in [0.15, 0.2) is 46.6 Å². The van der Waals surface area contributed by atoms with Gasteiger partial charge in [0.25, 0.3) is 5.56 Å². The SMILES string of the molecule is COc1ccc2cc(CN(Cc3cccs3)C(=S)NC[C@@H]3CCCO3)c(=O)[nH]c2c1. The fourth-order valence-corrected chi connectivity index (χ4v) is 4.52. The lowest BCUT2D eigenvalue weighted by Gasteiger charge is -2.26. The Bertz CT molecular complexity index is 1060. The summed E-state index contributed by atoms with van der Waals surface area (Å²) >= 11 is 7.37. The molecule has 158 valence electrons. The van der Waals surface area contributed by atoms with Gasteiger partial charge in [0.15, 0.2) is 5.11 Å². The zero-order chi connectivity index (χ0) is 20.9. The highest BCUT2D eigenvalue weighted by atomic mass is 32.1. The van der Waals surface area contributed by atoms with E-state index in [4.69, 9.17) is 21.7 Å². The van der Waals surface area contributed by atoms with Crippen LogP contribution in [0, 0.1) is 0 Å². The van der Waals surface area contributed by atoms with E-state index in [1.807, 2.05) is 40.6 Å². The number of thiocarbonyl (C=S) groups is 1. The minimum atomic E-state index is -0.117. The summed E-state index contributed by atoms with van der Waals surface area (Å²) in [6.07, 6.45) is 2.34. The maximum atomic E-state index is 12.8. The van der Waals surface area contributed by atoms with E-state index in [1.165, 1.54) is 4.88 Å². The zero-order valence-electron chi connectivity index (χ0n) is 16.8. The molecule has 0 aliphatic carbocycles. The second-order valence-corrected chi connectivity index (χ2v) is 8.75. The van der Waals surface area contributed by atoms with Gasteiger partial charge in [0.1, 0.15) is 5.75 Å². The Morgan fingerprint density at radius 3 is 3.00 bits per heavy atom. The summed E-state index contributed by atoms with van der Waals surface area (Å²) in [5.41, 5.74) is 1.31. The largest absolute Gasteiger partial charge is 0.497 e. The van der Waals surface area contributed by atoms with Gasteiger partial charge in [-0.2, -0.15) is 0 Å². The number of hydrogen-bond donors (Lipinski definition) is 2. The van der Waals surface area contributed by atoms with Crippen molar-refractivity contribution in [3.8, 4) is 5.75 Å². The number of aromatic nitrogens is 1. The molecule has 0 amide bonds. The molecule has 2 aromatic heterocycles. The molecule has 1 fully saturated rings. The van der Waals surface area contributed by atoms with Gasteiger partial charge in [0, 0.05) is 29.7 Å². The third-order valence-electron chi connectivity index (χ3n) is 5.21. The highest BCUT2D eigenvalue weighted by molar-refractivity contribution is 7.80. The van der Waals surface area contributed by atoms with E-state index in [0.717, 1.165) is 30.4 Å². The summed E-state index contributed by atoms with van der Waals surface area (Å²) in [5.74, 6) is 0.713. The van der Waals surface area contributed by atoms with E-state index >= 15 is 0 Å². The van der Waals surface area contributed by atoms with Crippen molar-refractivity contribution in [3.05, 3.63) is 62.6 Å². The van der Waals surface area contributed by atoms with Crippen LogP contribution >= 0.6 is 23.6 Å². The number of hydrogen-bond acceptors (Lipinski definition) is 5. The lowest BCUT2D eigenvalue weighted by atomic mass is 10.1.